The van der Waals surface area contributed by atoms with Gasteiger partial charge in [0.1, 0.15) is 17.5 Å². The predicted octanol–water partition coefficient (Wildman–Crippen LogP) is 1.64. The van der Waals surface area contributed by atoms with E-state index in [0.29, 0.717) is 11.6 Å². The number of fused-ring (bicyclic) bond motifs is 1. The Kier molecular flexibility index (Phi) is 4.53. The SMILES string of the molecule is CC(C)(C)C(=O)[n+]1cc(C(=O)[C-]2C=[S+][C-](c3cccnc3)[NH2+]2)c2cccc[c-]21. The molecule has 1 aliphatic heterocycles. The minimum atomic E-state index is -0.544. The van der Waals surface area contributed by atoms with Gasteiger partial charge in [-0.05, 0) is 23.2 Å². The van der Waals surface area contributed by atoms with E-state index in [1.165, 1.54) is 11.4 Å². The number of carbonyl (C=O) groups is 2. The molecule has 5 nitrogen and oxygen atoms in total. The first-order chi connectivity index (χ1) is 13.4. The summed E-state index contributed by atoms with van der Waals surface area (Å²) in [5.74, 6) is -0.118. The molecule has 142 valence electrons. The van der Waals surface area contributed by atoms with Crippen molar-refractivity contribution in [3.63, 3.8) is 0 Å². The van der Waals surface area contributed by atoms with Gasteiger partial charge in [0.15, 0.2) is 16.7 Å². The van der Waals surface area contributed by atoms with Crippen LogP contribution in [0.4, 0.5) is 0 Å². The van der Waals surface area contributed by atoms with Crippen molar-refractivity contribution < 1.29 is 19.5 Å². The second-order valence-electron chi connectivity index (χ2n) is 7.76. The Morgan fingerprint density at radius 3 is 2.71 bits per heavy atom. The quantitative estimate of drug-likeness (QED) is 0.243. The first-order valence-corrected chi connectivity index (χ1v) is 9.93. The van der Waals surface area contributed by atoms with Crippen molar-refractivity contribution in [1.29, 1.82) is 0 Å². The van der Waals surface area contributed by atoms with Crippen molar-refractivity contribution in [2.45, 2.75) is 20.8 Å². The van der Waals surface area contributed by atoms with E-state index in [1.54, 1.807) is 23.2 Å². The number of Topliss-reactive ketones (excluding diaryl/α,β-unsaturated/α-hetero) is 1. The van der Waals surface area contributed by atoms with Crippen LogP contribution in [0.3, 0.4) is 0 Å². The standard InChI is InChI=1S/C22H21N3O2S/c1-22(2,3)21(27)25-12-16(15-8-4-5-9-18(15)25)19(26)17-13-28-20(24-17)14-7-6-10-23-11-14/h4-13H,24H2,1-3H3. The minimum Gasteiger partial charge on any atom is -0.345 e. The number of hydrogen-bond acceptors (Lipinski definition) is 3. The summed E-state index contributed by atoms with van der Waals surface area (Å²) in [5, 5.41) is 5.54. The van der Waals surface area contributed by atoms with Crippen LogP contribution >= 0.6 is 0 Å². The number of ketones is 1. The van der Waals surface area contributed by atoms with Crippen molar-refractivity contribution in [3.05, 3.63) is 77.5 Å². The van der Waals surface area contributed by atoms with Gasteiger partial charge in [0.25, 0.3) is 5.37 Å². The molecule has 0 fully saturated rings. The summed E-state index contributed by atoms with van der Waals surface area (Å²) < 4.78 is 1.61. The molecule has 0 amide bonds. The second kappa shape index (κ2) is 6.89. The number of hydrogen-bond donors (Lipinski definition) is 1. The average molecular weight is 391 g/mol. The van der Waals surface area contributed by atoms with E-state index in [-0.39, 0.29) is 11.7 Å². The highest BCUT2D eigenvalue weighted by atomic mass is 32.1. The highest BCUT2D eigenvalue weighted by Gasteiger charge is 2.35. The molecule has 0 bridgehead atoms. The number of carbonyl (C=O) groups excluding carboxylic acids is 2. The number of nitrogens with zero attached hydrogens (tertiary/aromatic N) is 2. The van der Waals surface area contributed by atoms with Crippen LogP contribution in [0.15, 0.2) is 55.0 Å². The zero-order valence-corrected chi connectivity index (χ0v) is 16.8. The van der Waals surface area contributed by atoms with Gasteiger partial charge in [-0.2, -0.15) is 0 Å². The van der Waals surface area contributed by atoms with Crippen LogP contribution in [-0.4, -0.2) is 22.0 Å². The van der Waals surface area contributed by atoms with Gasteiger partial charge in [-0.25, -0.2) is 4.57 Å². The molecule has 28 heavy (non-hydrogen) atoms. The Hall–Kier alpha value is -2.96. The van der Waals surface area contributed by atoms with Crippen molar-refractivity contribution in [2.24, 2.45) is 5.41 Å². The van der Waals surface area contributed by atoms with Crippen LogP contribution in [0.1, 0.15) is 41.5 Å². The Labute approximate surface area is 167 Å². The van der Waals surface area contributed by atoms with Gasteiger partial charge >= 0.3 is 5.91 Å². The smallest absolute Gasteiger partial charge is 0.343 e. The molecule has 0 atom stereocenters. The molecule has 2 aromatic heterocycles. The lowest BCUT2D eigenvalue weighted by Crippen LogP contribution is -2.86. The fraction of sp³-hybridized carbons (Fsp3) is 0.182. The topological polar surface area (TPSA) is 67.5 Å². The third-order valence-electron chi connectivity index (χ3n) is 4.62. The fourth-order valence-electron chi connectivity index (χ4n) is 3.16. The summed E-state index contributed by atoms with van der Waals surface area (Å²) in [6.45, 7) is 5.64. The molecular weight excluding hydrogens is 370 g/mol. The molecule has 0 saturated heterocycles. The molecule has 1 aromatic carbocycles. The van der Waals surface area contributed by atoms with Gasteiger partial charge in [-0.15, -0.1) is 24.3 Å². The van der Waals surface area contributed by atoms with Gasteiger partial charge < -0.3 is 15.1 Å². The normalized spacial score (nSPS) is 14.1. The van der Waals surface area contributed by atoms with Gasteiger partial charge in [-0.1, -0.05) is 33.0 Å². The van der Waals surface area contributed by atoms with Crippen molar-refractivity contribution in [2.75, 3.05) is 0 Å². The largest absolute Gasteiger partial charge is 0.345 e. The van der Waals surface area contributed by atoms with Crippen LogP contribution < -0.4 is 9.88 Å². The molecule has 0 spiro atoms. The molecule has 3 aromatic rings. The third kappa shape index (κ3) is 3.21. The van der Waals surface area contributed by atoms with Crippen molar-refractivity contribution in [1.82, 2.24) is 4.98 Å². The van der Waals surface area contributed by atoms with E-state index >= 15 is 0 Å². The van der Waals surface area contributed by atoms with E-state index in [2.05, 4.69) is 4.98 Å². The lowest BCUT2D eigenvalue weighted by Gasteiger charge is -2.13. The molecule has 0 unspecified atom stereocenters. The van der Waals surface area contributed by atoms with Crippen LogP contribution in [0.5, 0.6) is 0 Å². The number of benzene rings is 1. The molecular formula is C22H21N3O2S. The highest BCUT2D eigenvalue weighted by Crippen LogP contribution is 2.22. The summed E-state index contributed by atoms with van der Waals surface area (Å²) >= 11 is 1.51. The van der Waals surface area contributed by atoms with Gasteiger partial charge in [0, 0.05) is 5.56 Å². The van der Waals surface area contributed by atoms with E-state index in [9.17, 15) is 9.59 Å². The minimum absolute atomic E-state index is 0.0379. The first-order valence-electron chi connectivity index (χ1n) is 9.05. The van der Waals surface area contributed by atoms with E-state index in [0.717, 1.165) is 21.8 Å². The van der Waals surface area contributed by atoms with Gasteiger partial charge in [0.2, 0.25) is 0 Å². The molecule has 1 aliphatic rings. The van der Waals surface area contributed by atoms with Gasteiger partial charge in [0.05, 0.1) is 11.5 Å². The molecule has 3 heterocycles. The fourth-order valence-corrected chi connectivity index (χ4v) is 4.04. The Morgan fingerprint density at radius 2 is 2.00 bits per heavy atom. The average Bonchev–Trinajstić information content (AvgIpc) is 3.32. The van der Waals surface area contributed by atoms with E-state index in [1.807, 2.05) is 67.9 Å². The summed E-state index contributed by atoms with van der Waals surface area (Å²) in [5.41, 5.74) is 1.74. The molecule has 0 saturated carbocycles. The summed E-state index contributed by atoms with van der Waals surface area (Å²) in [6.07, 6.45) is 5.19. The third-order valence-corrected chi connectivity index (χ3v) is 5.60. The second-order valence-corrected chi connectivity index (χ2v) is 8.67. The van der Waals surface area contributed by atoms with Crippen LogP contribution in [-0.2, 0) is 11.4 Å². The maximum atomic E-state index is 13.3. The number of pyridine rings is 1. The summed E-state index contributed by atoms with van der Waals surface area (Å²) in [6, 6.07) is 12.0. The maximum absolute atomic E-state index is 13.3. The van der Waals surface area contributed by atoms with Crippen LogP contribution in [0, 0.1) is 16.8 Å². The summed E-state index contributed by atoms with van der Waals surface area (Å²) in [7, 11) is 0. The number of aromatic nitrogens is 2. The lowest BCUT2D eigenvalue weighted by molar-refractivity contribution is -0.580. The zero-order chi connectivity index (χ0) is 19.9. The van der Waals surface area contributed by atoms with Crippen molar-refractivity contribution >= 4 is 39.3 Å². The molecule has 6 heteroatoms. The van der Waals surface area contributed by atoms with Crippen LogP contribution in [0.25, 0.3) is 10.9 Å². The number of quaternary nitrogens is 1. The van der Waals surface area contributed by atoms with E-state index < -0.39 is 5.41 Å². The zero-order valence-electron chi connectivity index (χ0n) is 16.0. The Morgan fingerprint density at radius 1 is 1.18 bits per heavy atom. The van der Waals surface area contributed by atoms with E-state index in [4.69, 9.17) is 0 Å². The maximum Gasteiger partial charge on any atom is 0.343 e. The molecule has 4 rings (SSSR count). The first kappa shape index (κ1) is 18.4. The Balaban J connectivity index is 1.67. The van der Waals surface area contributed by atoms with Gasteiger partial charge in [-0.3, -0.25) is 4.79 Å². The number of para-hydroxylation sites is 1. The highest BCUT2D eigenvalue weighted by molar-refractivity contribution is 7.81. The van der Waals surface area contributed by atoms with Crippen molar-refractivity contribution in [3.8, 4) is 0 Å². The number of nitrogens with two attached hydrogens (primary N) is 1. The molecule has 0 radical (unpaired) electrons. The molecule has 2 N–H and O–H groups in total. The summed E-state index contributed by atoms with van der Waals surface area (Å²) in [4.78, 5) is 30.3. The molecule has 0 aliphatic carbocycles. The monoisotopic (exact) mass is 391 g/mol. The lowest BCUT2D eigenvalue weighted by atomic mass is 9.95. The predicted molar refractivity (Wildman–Crippen MR) is 109 cm³/mol. The number of rotatable bonds is 3. The van der Waals surface area contributed by atoms with Crippen LogP contribution in [0.2, 0.25) is 0 Å². The Bertz CT molecular complexity index is 1080.